The molecular formula is C22H25NO4S. The molecule has 2 aromatic carbocycles. The molecule has 1 atom stereocenters. The normalized spacial score (nSPS) is 14.1. The Kier molecular flexibility index (Phi) is 5.70. The zero-order chi connectivity index (χ0) is 20.5. The van der Waals surface area contributed by atoms with E-state index in [-0.39, 0.29) is 5.92 Å². The molecule has 0 saturated carbocycles. The predicted octanol–water partition coefficient (Wildman–Crippen LogP) is 5.79. The number of fused-ring (bicyclic) bond motifs is 2. The SMILES string of the molecule is CC(C)C(OC(=O)N1c2ccccc2Sc2ccccc21)C(=O)OC(C)(C)C. The maximum atomic E-state index is 13.2. The fourth-order valence-electron chi connectivity index (χ4n) is 2.88. The largest absolute Gasteiger partial charge is 0.457 e. The molecular weight excluding hydrogens is 374 g/mol. The van der Waals surface area contributed by atoms with Gasteiger partial charge >= 0.3 is 12.1 Å². The minimum Gasteiger partial charge on any atom is -0.457 e. The molecule has 28 heavy (non-hydrogen) atoms. The first kappa shape index (κ1) is 20.3. The van der Waals surface area contributed by atoms with Gasteiger partial charge < -0.3 is 9.47 Å². The number of hydrogen-bond donors (Lipinski definition) is 0. The number of ether oxygens (including phenoxy) is 2. The van der Waals surface area contributed by atoms with Crippen LogP contribution in [-0.2, 0) is 14.3 Å². The van der Waals surface area contributed by atoms with Crippen LogP contribution in [0, 0.1) is 5.92 Å². The third kappa shape index (κ3) is 4.33. The van der Waals surface area contributed by atoms with Gasteiger partial charge in [-0.1, -0.05) is 49.9 Å². The summed E-state index contributed by atoms with van der Waals surface area (Å²) in [6.45, 7) is 9.03. The summed E-state index contributed by atoms with van der Waals surface area (Å²) in [6.07, 6.45) is -1.58. The fraction of sp³-hybridized carbons (Fsp3) is 0.364. The minimum atomic E-state index is -0.986. The van der Waals surface area contributed by atoms with E-state index in [1.807, 2.05) is 62.4 Å². The average Bonchev–Trinajstić information content (AvgIpc) is 2.62. The monoisotopic (exact) mass is 399 g/mol. The molecule has 0 N–H and O–H groups in total. The molecule has 1 amide bonds. The summed E-state index contributed by atoms with van der Waals surface area (Å²) < 4.78 is 11.1. The van der Waals surface area contributed by atoms with Crippen LogP contribution in [-0.4, -0.2) is 23.8 Å². The molecule has 0 spiro atoms. The molecule has 0 aromatic heterocycles. The first-order chi connectivity index (χ1) is 13.2. The summed E-state index contributed by atoms with van der Waals surface area (Å²) >= 11 is 1.60. The maximum absolute atomic E-state index is 13.2. The zero-order valence-electron chi connectivity index (χ0n) is 16.8. The van der Waals surface area contributed by atoms with Crippen LogP contribution in [0.5, 0.6) is 0 Å². The Morgan fingerprint density at radius 1 is 0.929 bits per heavy atom. The molecule has 0 radical (unpaired) electrons. The minimum absolute atomic E-state index is 0.219. The van der Waals surface area contributed by atoms with E-state index in [1.54, 1.807) is 32.5 Å². The number of carbonyl (C=O) groups excluding carboxylic acids is 2. The van der Waals surface area contributed by atoms with Crippen molar-refractivity contribution in [1.82, 2.24) is 0 Å². The number of amides is 1. The maximum Gasteiger partial charge on any atom is 0.419 e. The van der Waals surface area contributed by atoms with Gasteiger partial charge in [0.25, 0.3) is 0 Å². The average molecular weight is 400 g/mol. The standard InChI is InChI=1S/C22H25NO4S/c1-14(2)19(20(24)27-22(3,4)5)26-21(25)23-15-10-6-8-12-17(15)28-18-13-9-7-11-16(18)23/h6-14,19H,1-5H3. The predicted molar refractivity (Wildman–Crippen MR) is 110 cm³/mol. The molecule has 5 nitrogen and oxygen atoms in total. The lowest BCUT2D eigenvalue weighted by Gasteiger charge is -2.32. The second kappa shape index (κ2) is 7.87. The quantitative estimate of drug-likeness (QED) is 0.611. The van der Waals surface area contributed by atoms with Gasteiger partial charge in [0.2, 0.25) is 6.10 Å². The summed E-state index contributed by atoms with van der Waals surface area (Å²) in [5, 5.41) is 0. The Hall–Kier alpha value is -2.47. The van der Waals surface area contributed by atoms with Gasteiger partial charge in [0.15, 0.2) is 0 Å². The molecule has 3 rings (SSSR count). The number of hydrogen-bond acceptors (Lipinski definition) is 5. The molecule has 148 valence electrons. The van der Waals surface area contributed by atoms with Crippen LogP contribution in [0.1, 0.15) is 34.6 Å². The van der Waals surface area contributed by atoms with E-state index in [0.717, 1.165) is 21.2 Å². The van der Waals surface area contributed by atoms with Crippen molar-refractivity contribution in [2.75, 3.05) is 4.90 Å². The molecule has 0 bridgehead atoms. The van der Waals surface area contributed by atoms with Crippen molar-refractivity contribution in [3.8, 4) is 0 Å². The van der Waals surface area contributed by atoms with Crippen LogP contribution < -0.4 is 4.90 Å². The van der Waals surface area contributed by atoms with Gasteiger partial charge in [-0.3, -0.25) is 0 Å². The molecule has 1 aliphatic rings. The number of carbonyl (C=O) groups is 2. The lowest BCUT2D eigenvalue weighted by Crippen LogP contribution is -2.41. The van der Waals surface area contributed by atoms with Crippen LogP contribution in [0.25, 0.3) is 0 Å². The molecule has 1 aliphatic heterocycles. The first-order valence-electron chi connectivity index (χ1n) is 9.27. The second-order valence-corrected chi connectivity index (χ2v) is 9.04. The summed E-state index contributed by atoms with van der Waals surface area (Å²) in [7, 11) is 0. The topological polar surface area (TPSA) is 55.8 Å². The number of esters is 1. The Bertz CT molecular complexity index is 843. The highest BCUT2D eigenvalue weighted by Gasteiger charge is 2.35. The number of anilines is 2. The number of para-hydroxylation sites is 2. The van der Waals surface area contributed by atoms with E-state index in [4.69, 9.17) is 9.47 Å². The highest BCUT2D eigenvalue weighted by atomic mass is 32.2. The number of nitrogens with zero attached hydrogens (tertiary/aromatic N) is 1. The van der Waals surface area contributed by atoms with Crippen molar-refractivity contribution in [3.05, 3.63) is 48.5 Å². The lowest BCUT2D eigenvalue weighted by molar-refractivity contribution is -0.167. The van der Waals surface area contributed by atoms with Gasteiger partial charge in [-0.05, 0) is 45.0 Å². The molecule has 6 heteroatoms. The lowest BCUT2D eigenvalue weighted by atomic mass is 10.1. The third-order valence-corrected chi connectivity index (χ3v) is 5.22. The van der Waals surface area contributed by atoms with Crippen LogP contribution in [0.2, 0.25) is 0 Å². The molecule has 0 fully saturated rings. The van der Waals surface area contributed by atoms with Gasteiger partial charge in [0.05, 0.1) is 11.4 Å². The van der Waals surface area contributed by atoms with Gasteiger partial charge in [0.1, 0.15) is 5.60 Å². The summed E-state index contributed by atoms with van der Waals surface area (Å²) in [4.78, 5) is 29.2. The van der Waals surface area contributed by atoms with Crippen molar-refractivity contribution in [2.24, 2.45) is 5.92 Å². The molecule has 1 unspecified atom stereocenters. The van der Waals surface area contributed by atoms with E-state index in [1.165, 1.54) is 4.90 Å². The van der Waals surface area contributed by atoms with Crippen LogP contribution in [0.3, 0.4) is 0 Å². The van der Waals surface area contributed by atoms with Crippen LogP contribution in [0.15, 0.2) is 58.3 Å². The first-order valence-corrected chi connectivity index (χ1v) is 10.1. The summed E-state index contributed by atoms with van der Waals surface area (Å²) in [5.74, 6) is -0.757. The van der Waals surface area contributed by atoms with Crippen molar-refractivity contribution >= 4 is 35.2 Å². The van der Waals surface area contributed by atoms with Gasteiger partial charge in [-0.2, -0.15) is 0 Å². The van der Waals surface area contributed by atoms with Crippen molar-refractivity contribution < 1.29 is 19.1 Å². The molecule has 0 aliphatic carbocycles. The van der Waals surface area contributed by atoms with Gasteiger partial charge in [-0.15, -0.1) is 0 Å². The van der Waals surface area contributed by atoms with Crippen molar-refractivity contribution in [2.45, 2.75) is 56.1 Å². The van der Waals surface area contributed by atoms with Gasteiger partial charge in [-0.25, -0.2) is 14.5 Å². The van der Waals surface area contributed by atoms with E-state index in [9.17, 15) is 9.59 Å². The van der Waals surface area contributed by atoms with Crippen LogP contribution in [0.4, 0.5) is 16.2 Å². The van der Waals surface area contributed by atoms with E-state index in [2.05, 4.69) is 0 Å². The number of benzene rings is 2. The van der Waals surface area contributed by atoms with E-state index < -0.39 is 23.8 Å². The Labute approximate surface area is 170 Å². The Morgan fingerprint density at radius 2 is 1.43 bits per heavy atom. The highest BCUT2D eigenvalue weighted by Crippen LogP contribution is 2.48. The second-order valence-electron chi connectivity index (χ2n) is 7.95. The molecule has 1 heterocycles. The highest BCUT2D eigenvalue weighted by molar-refractivity contribution is 7.99. The van der Waals surface area contributed by atoms with Crippen LogP contribution >= 0.6 is 11.8 Å². The Morgan fingerprint density at radius 3 is 1.89 bits per heavy atom. The molecule has 2 aromatic rings. The fourth-order valence-corrected chi connectivity index (χ4v) is 3.94. The number of rotatable bonds is 3. The summed E-state index contributed by atoms with van der Waals surface area (Å²) in [6, 6.07) is 15.3. The third-order valence-electron chi connectivity index (χ3n) is 4.09. The van der Waals surface area contributed by atoms with Gasteiger partial charge in [0, 0.05) is 15.7 Å². The van der Waals surface area contributed by atoms with E-state index in [0.29, 0.717) is 0 Å². The smallest absolute Gasteiger partial charge is 0.419 e. The van der Waals surface area contributed by atoms with Crippen molar-refractivity contribution in [1.29, 1.82) is 0 Å². The molecule has 0 saturated heterocycles. The Balaban J connectivity index is 1.92. The summed E-state index contributed by atoms with van der Waals surface area (Å²) in [5.41, 5.74) is 0.822. The zero-order valence-corrected chi connectivity index (χ0v) is 17.6. The van der Waals surface area contributed by atoms with E-state index >= 15 is 0 Å². The van der Waals surface area contributed by atoms with Crippen molar-refractivity contribution in [3.63, 3.8) is 0 Å².